The molecule has 0 aliphatic rings. The SMILES string of the molecule is C[C@H](O)CN(CCN(C[C@H](C)O)[C@@H](C)c1ccccc1)[C@@H](C)c1ccccc1. The van der Waals surface area contributed by atoms with E-state index in [1.165, 1.54) is 11.1 Å². The van der Waals surface area contributed by atoms with E-state index in [9.17, 15) is 10.2 Å². The number of benzene rings is 2. The Morgan fingerprint density at radius 2 is 0.929 bits per heavy atom. The van der Waals surface area contributed by atoms with E-state index in [0.717, 1.165) is 13.1 Å². The Hall–Kier alpha value is -1.72. The predicted octanol–water partition coefficient (Wildman–Crippen LogP) is 3.87. The molecule has 4 heteroatoms. The monoisotopic (exact) mass is 384 g/mol. The van der Waals surface area contributed by atoms with Crippen molar-refractivity contribution in [2.24, 2.45) is 0 Å². The van der Waals surface area contributed by atoms with Crippen molar-refractivity contribution in [3.63, 3.8) is 0 Å². The van der Waals surface area contributed by atoms with E-state index in [1.807, 2.05) is 26.0 Å². The molecule has 0 aliphatic carbocycles. The quantitative estimate of drug-likeness (QED) is 0.617. The molecule has 28 heavy (non-hydrogen) atoms. The first-order valence-electron chi connectivity index (χ1n) is 10.3. The molecule has 2 N–H and O–H groups in total. The van der Waals surface area contributed by atoms with Crippen molar-refractivity contribution in [1.82, 2.24) is 9.80 Å². The first-order valence-corrected chi connectivity index (χ1v) is 10.3. The van der Waals surface area contributed by atoms with Gasteiger partial charge in [0, 0.05) is 38.3 Å². The lowest BCUT2D eigenvalue weighted by molar-refractivity contribution is 0.0664. The van der Waals surface area contributed by atoms with Crippen LogP contribution in [0, 0.1) is 0 Å². The molecule has 2 aromatic carbocycles. The van der Waals surface area contributed by atoms with Gasteiger partial charge < -0.3 is 10.2 Å². The van der Waals surface area contributed by atoms with Crippen LogP contribution in [0.2, 0.25) is 0 Å². The summed E-state index contributed by atoms with van der Waals surface area (Å²) in [5.74, 6) is 0. The maximum Gasteiger partial charge on any atom is 0.0639 e. The summed E-state index contributed by atoms with van der Waals surface area (Å²) in [6.45, 7) is 11.0. The number of aliphatic hydroxyl groups is 2. The van der Waals surface area contributed by atoms with Crippen molar-refractivity contribution in [2.45, 2.75) is 52.0 Å². The van der Waals surface area contributed by atoms with Crippen LogP contribution in [0.25, 0.3) is 0 Å². The molecule has 2 aromatic rings. The predicted molar refractivity (Wildman–Crippen MR) is 116 cm³/mol. The van der Waals surface area contributed by atoms with Gasteiger partial charge in [-0.15, -0.1) is 0 Å². The largest absolute Gasteiger partial charge is 0.392 e. The topological polar surface area (TPSA) is 46.9 Å². The first-order chi connectivity index (χ1) is 13.4. The molecule has 0 radical (unpaired) electrons. The highest BCUT2D eigenvalue weighted by atomic mass is 16.3. The lowest BCUT2D eigenvalue weighted by Crippen LogP contribution is -2.42. The number of aliphatic hydroxyl groups excluding tert-OH is 2. The van der Waals surface area contributed by atoms with Crippen molar-refractivity contribution in [3.8, 4) is 0 Å². The summed E-state index contributed by atoms with van der Waals surface area (Å²) in [4.78, 5) is 4.65. The molecule has 0 fully saturated rings. The van der Waals surface area contributed by atoms with Gasteiger partial charge in [0.25, 0.3) is 0 Å². The third-order valence-corrected chi connectivity index (χ3v) is 5.33. The number of hydrogen-bond donors (Lipinski definition) is 2. The molecule has 154 valence electrons. The Balaban J connectivity index is 2.11. The van der Waals surface area contributed by atoms with Crippen LogP contribution in [-0.2, 0) is 0 Å². The van der Waals surface area contributed by atoms with Crippen molar-refractivity contribution in [1.29, 1.82) is 0 Å². The van der Waals surface area contributed by atoms with Crippen LogP contribution in [-0.4, -0.2) is 58.4 Å². The molecule has 4 nitrogen and oxygen atoms in total. The van der Waals surface area contributed by atoms with Gasteiger partial charge in [-0.05, 0) is 38.8 Å². The summed E-state index contributed by atoms with van der Waals surface area (Å²) in [7, 11) is 0. The normalized spacial score (nSPS) is 16.1. The van der Waals surface area contributed by atoms with E-state index < -0.39 is 0 Å². The first kappa shape index (κ1) is 22.6. The number of nitrogens with zero attached hydrogens (tertiary/aromatic N) is 2. The second-order valence-corrected chi connectivity index (χ2v) is 7.86. The van der Waals surface area contributed by atoms with Crippen LogP contribution >= 0.6 is 0 Å². The smallest absolute Gasteiger partial charge is 0.0639 e. The van der Waals surface area contributed by atoms with Crippen molar-refractivity contribution < 1.29 is 10.2 Å². The minimum atomic E-state index is -0.386. The molecule has 0 unspecified atom stereocenters. The van der Waals surface area contributed by atoms with Gasteiger partial charge in [0.2, 0.25) is 0 Å². The van der Waals surface area contributed by atoms with Gasteiger partial charge >= 0.3 is 0 Å². The summed E-state index contributed by atoms with van der Waals surface area (Å²) in [5, 5.41) is 20.0. The Labute approximate surface area is 170 Å². The van der Waals surface area contributed by atoms with Gasteiger partial charge in [-0.25, -0.2) is 0 Å². The lowest BCUT2D eigenvalue weighted by atomic mass is 10.1. The standard InChI is InChI=1S/C24H36N2O2/c1-19(27)17-25(21(3)23-11-7-5-8-12-23)15-16-26(18-20(2)28)22(4)24-13-9-6-10-14-24/h5-14,19-22,27-28H,15-18H2,1-4H3/t19-,20-,21-,22-/m0/s1. The third-order valence-electron chi connectivity index (χ3n) is 5.33. The molecular weight excluding hydrogens is 348 g/mol. The summed E-state index contributed by atoms with van der Waals surface area (Å²) >= 11 is 0. The average Bonchev–Trinajstić information content (AvgIpc) is 2.69. The van der Waals surface area contributed by atoms with Crippen LogP contribution in [0.3, 0.4) is 0 Å². The van der Waals surface area contributed by atoms with Crippen LogP contribution < -0.4 is 0 Å². The number of hydrogen-bond acceptors (Lipinski definition) is 4. The molecule has 0 aromatic heterocycles. The third kappa shape index (κ3) is 7.02. The summed E-state index contributed by atoms with van der Waals surface area (Å²) in [5.41, 5.74) is 2.50. The second kappa shape index (κ2) is 11.3. The van der Waals surface area contributed by atoms with Crippen LogP contribution in [0.4, 0.5) is 0 Å². The van der Waals surface area contributed by atoms with Crippen molar-refractivity contribution in [2.75, 3.05) is 26.2 Å². The molecule has 2 rings (SSSR count). The van der Waals surface area contributed by atoms with Gasteiger partial charge in [-0.1, -0.05) is 60.7 Å². The molecular formula is C24H36N2O2. The van der Waals surface area contributed by atoms with Gasteiger partial charge in [0.1, 0.15) is 0 Å². The summed E-state index contributed by atoms with van der Waals surface area (Å²) < 4.78 is 0. The molecule has 0 amide bonds. The minimum absolute atomic E-state index is 0.219. The summed E-state index contributed by atoms with van der Waals surface area (Å²) in [6, 6.07) is 21.3. The Bertz CT molecular complexity index is 601. The van der Waals surface area contributed by atoms with E-state index in [4.69, 9.17) is 0 Å². The fourth-order valence-corrected chi connectivity index (χ4v) is 3.71. The van der Waals surface area contributed by atoms with Crippen molar-refractivity contribution >= 4 is 0 Å². The maximum absolute atomic E-state index is 10.0. The lowest BCUT2D eigenvalue weighted by Gasteiger charge is -2.35. The Morgan fingerprint density at radius 1 is 0.607 bits per heavy atom. The average molecular weight is 385 g/mol. The van der Waals surface area contributed by atoms with E-state index in [1.54, 1.807) is 0 Å². The second-order valence-electron chi connectivity index (χ2n) is 7.86. The zero-order valence-electron chi connectivity index (χ0n) is 17.7. The highest BCUT2D eigenvalue weighted by molar-refractivity contribution is 5.19. The molecule has 0 saturated carbocycles. The van der Waals surface area contributed by atoms with Gasteiger partial charge in [0.05, 0.1) is 12.2 Å². The minimum Gasteiger partial charge on any atom is -0.392 e. The zero-order chi connectivity index (χ0) is 20.5. The van der Waals surface area contributed by atoms with Gasteiger partial charge in [-0.3, -0.25) is 9.80 Å². The van der Waals surface area contributed by atoms with Crippen LogP contribution in [0.1, 0.15) is 50.9 Å². The van der Waals surface area contributed by atoms with E-state index >= 15 is 0 Å². The Kier molecular flexibility index (Phi) is 9.13. The fraction of sp³-hybridized carbons (Fsp3) is 0.500. The van der Waals surface area contributed by atoms with Crippen LogP contribution in [0.5, 0.6) is 0 Å². The fourth-order valence-electron chi connectivity index (χ4n) is 3.71. The van der Waals surface area contributed by atoms with Gasteiger partial charge in [-0.2, -0.15) is 0 Å². The zero-order valence-corrected chi connectivity index (χ0v) is 17.7. The molecule has 0 bridgehead atoms. The highest BCUT2D eigenvalue weighted by Crippen LogP contribution is 2.23. The highest BCUT2D eigenvalue weighted by Gasteiger charge is 2.22. The van der Waals surface area contributed by atoms with E-state index in [0.29, 0.717) is 13.1 Å². The molecule has 0 heterocycles. The molecule has 0 aliphatic heterocycles. The van der Waals surface area contributed by atoms with Crippen LogP contribution in [0.15, 0.2) is 60.7 Å². The Morgan fingerprint density at radius 3 is 1.21 bits per heavy atom. The van der Waals surface area contributed by atoms with Crippen molar-refractivity contribution in [3.05, 3.63) is 71.8 Å². The maximum atomic E-state index is 10.0. The molecule has 0 saturated heterocycles. The number of rotatable bonds is 11. The van der Waals surface area contributed by atoms with Gasteiger partial charge in [0.15, 0.2) is 0 Å². The van der Waals surface area contributed by atoms with E-state index in [-0.39, 0.29) is 24.3 Å². The molecule has 0 spiro atoms. The molecule has 4 atom stereocenters. The van der Waals surface area contributed by atoms with E-state index in [2.05, 4.69) is 72.2 Å². The summed E-state index contributed by atoms with van der Waals surface area (Å²) in [6.07, 6.45) is -0.772.